The van der Waals surface area contributed by atoms with Crippen molar-refractivity contribution in [2.24, 2.45) is 0 Å². The molecule has 0 radical (unpaired) electrons. The fraction of sp³-hybridized carbons (Fsp3) is 0.0625. The quantitative estimate of drug-likeness (QED) is 0.608. The molecule has 1 aliphatic heterocycles. The summed E-state index contributed by atoms with van der Waals surface area (Å²) in [5.74, 6) is -3.78. The van der Waals surface area contributed by atoms with E-state index < -0.39 is 35.0 Å². The molecule has 2 amide bonds. The number of amides is 2. The molecular weight excluding hydrogens is 347 g/mol. The summed E-state index contributed by atoms with van der Waals surface area (Å²) in [6.07, 6.45) is -5.17. The van der Waals surface area contributed by atoms with Crippen LogP contribution in [-0.2, 0) is 0 Å². The minimum absolute atomic E-state index is 0.0582. The highest BCUT2D eigenvalue weighted by atomic mass is 35.5. The van der Waals surface area contributed by atoms with Crippen LogP contribution in [0.1, 0.15) is 31.1 Å². The van der Waals surface area contributed by atoms with Gasteiger partial charge in [-0.05, 0) is 30.3 Å². The van der Waals surface area contributed by atoms with E-state index in [0.29, 0.717) is 4.90 Å². The van der Waals surface area contributed by atoms with Gasteiger partial charge in [-0.3, -0.25) is 14.4 Å². The van der Waals surface area contributed by atoms with Crippen molar-refractivity contribution < 1.29 is 27.6 Å². The minimum atomic E-state index is -5.17. The smallest absolute Gasteiger partial charge is 0.284 e. The van der Waals surface area contributed by atoms with E-state index in [-0.39, 0.29) is 16.1 Å². The number of carbonyl (C=O) groups is 3. The highest BCUT2D eigenvalue weighted by Gasteiger charge is 2.44. The van der Waals surface area contributed by atoms with Gasteiger partial charge in [0, 0.05) is 5.02 Å². The Morgan fingerprint density at radius 2 is 1.50 bits per heavy atom. The molecule has 0 bridgehead atoms. The zero-order valence-electron chi connectivity index (χ0n) is 11.7. The fourth-order valence-electron chi connectivity index (χ4n) is 2.45. The van der Waals surface area contributed by atoms with Crippen LogP contribution in [0, 0.1) is 0 Å². The molecular formula is C16H7ClF3NO3. The van der Waals surface area contributed by atoms with Gasteiger partial charge in [-0.25, -0.2) is 4.90 Å². The maximum Gasteiger partial charge on any atom is 0.454 e. The van der Waals surface area contributed by atoms with Gasteiger partial charge < -0.3 is 0 Å². The number of fused-ring (bicyclic) bond motifs is 1. The number of imide groups is 1. The summed E-state index contributed by atoms with van der Waals surface area (Å²) in [5, 5.41) is -0.122. The minimum Gasteiger partial charge on any atom is -0.284 e. The van der Waals surface area contributed by atoms with E-state index in [2.05, 4.69) is 0 Å². The summed E-state index contributed by atoms with van der Waals surface area (Å²) in [6, 6.07) is 8.86. The van der Waals surface area contributed by atoms with Gasteiger partial charge in [-0.2, -0.15) is 13.2 Å². The molecule has 0 fully saturated rings. The topological polar surface area (TPSA) is 54.5 Å². The molecule has 8 heteroatoms. The first kappa shape index (κ1) is 16.2. The van der Waals surface area contributed by atoms with Crippen molar-refractivity contribution in [1.29, 1.82) is 0 Å². The lowest BCUT2D eigenvalue weighted by Gasteiger charge is -2.18. The van der Waals surface area contributed by atoms with Gasteiger partial charge in [0.1, 0.15) is 0 Å². The average Bonchev–Trinajstić information content (AvgIpc) is 2.78. The Bertz CT molecular complexity index is 857. The molecule has 0 unspecified atom stereocenters. The normalized spacial score (nSPS) is 14.1. The third-order valence-corrected chi connectivity index (χ3v) is 3.73. The third-order valence-electron chi connectivity index (χ3n) is 3.50. The van der Waals surface area contributed by atoms with Crippen LogP contribution in [0.15, 0.2) is 42.5 Å². The summed E-state index contributed by atoms with van der Waals surface area (Å²) < 4.78 is 38.4. The molecule has 2 aromatic rings. The number of nitrogens with zero attached hydrogens (tertiary/aromatic N) is 1. The van der Waals surface area contributed by atoms with Crippen molar-refractivity contribution in [3.8, 4) is 0 Å². The van der Waals surface area contributed by atoms with E-state index >= 15 is 0 Å². The number of hydrogen-bond donors (Lipinski definition) is 0. The largest absolute Gasteiger partial charge is 0.454 e. The predicted octanol–water partition coefficient (Wildman–Crippen LogP) is 3.89. The molecule has 1 heterocycles. The van der Waals surface area contributed by atoms with Crippen LogP contribution in [0.25, 0.3) is 0 Å². The first-order chi connectivity index (χ1) is 11.2. The first-order valence-electron chi connectivity index (χ1n) is 6.60. The highest BCUT2D eigenvalue weighted by molar-refractivity contribution is 6.36. The number of Topliss-reactive ketones (excluding diaryl/α,β-unsaturated/α-hetero) is 1. The number of rotatable bonds is 2. The van der Waals surface area contributed by atoms with Crippen LogP contribution < -0.4 is 4.90 Å². The third kappa shape index (κ3) is 2.46. The van der Waals surface area contributed by atoms with Gasteiger partial charge in [0.05, 0.1) is 22.4 Å². The van der Waals surface area contributed by atoms with Crippen LogP contribution in [0.2, 0.25) is 5.02 Å². The predicted molar refractivity (Wildman–Crippen MR) is 79.4 cm³/mol. The molecule has 0 saturated carbocycles. The molecule has 0 saturated heterocycles. The molecule has 0 N–H and O–H groups in total. The van der Waals surface area contributed by atoms with Crippen molar-refractivity contribution in [1.82, 2.24) is 0 Å². The number of benzene rings is 2. The Balaban J connectivity index is 2.17. The molecule has 4 nitrogen and oxygen atoms in total. The Morgan fingerprint density at radius 3 is 2.00 bits per heavy atom. The number of ketones is 1. The maximum absolute atomic E-state index is 12.8. The fourth-order valence-corrected chi connectivity index (χ4v) is 2.62. The Kier molecular flexibility index (Phi) is 3.68. The summed E-state index contributed by atoms with van der Waals surface area (Å²) in [6.45, 7) is 0. The Hall–Kier alpha value is -2.67. The Morgan fingerprint density at radius 1 is 0.958 bits per heavy atom. The first-order valence-corrected chi connectivity index (χ1v) is 6.98. The van der Waals surface area contributed by atoms with Gasteiger partial charge >= 0.3 is 6.18 Å². The number of anilines is 1. The summed E-state index contributed by atoms with van der Waals surface area (Å²) in [4.78, 5) is 37.0. The SMILES string of the molecule is O=C1c2ccccc2C(=O)N1c1ccc(Cl)cc1C(=O)C(F)(F)F. The second-order valence-electron chi connectivity index (χ2n) is 4.98. The van der Waals surface area contributed by atoms with Crippen molar-refractivity contribution >= 4 is 34.9 Å². The van der Waals surface area contributed by atoms with Crippen molar-refractivity contribution in [3.63, 3.8) is 0 Å². The lowest BCUT2D eigenvalue weighted by Crippen LogP contribution is -2.33. The van der Waals surface area contributed by atoms with Crippen LogP contribution in [0.3, 0.4) is 0 Å². The standard InChI is InChI=1S/C16H7ClF3NO3/c17-8-5-6-12(11(7-8)13(22)16(18,19)20)21-14(23)9-3-1-2-4-10(9)15(21)24/h1-7H. The zero-order valence-corrected chi connectivity index (χ0v) is 12.5. The molecule has 0 aromatic heterocycles. The second kappa shape index (κ2) is 5.45. The van der Waals surface area contributed by atoms with Gasteiger partial charge in [0.15, 0.2) is 0 Å². The number of alkyl halides is 3. The summed E-state index contributed by atoms with van der Waals surface area (Å²) in [7, 11) is 0. The van der Waals surface area contributed by atoms with Gasteiger partial charge in [0.2, 0.25) is 0 Å². The molecule has 24 heavy (non-hydrogen) atoms. The molecule has 122 valence electrons. The molecule has 3 rings (SSSR count). The number of hydrogen-bond acceptors (Lipinski definition) is 3. The van der Waals surface area contributed by atoms with Gasteiger partial charge in [-0.15, -0.1) is 0 Å². The van der Waals surface area contributed by atoms with Gasteiger partial charge in [-0.1, -0.05) is 23.7 Å². The maximum atomic E-state index is 12.8. The van der Waals surface area contributed by atoms with Crippen LogP contribution >= 0.6 is 11.6 Å². The molecule has 0 atom stereocenters. The molecule has 1 aliphatic rings. The number of carbonyl (C=O) groups excluding carboxylic acids is 3. The van der Waals surface area contributed by atoms with Crippen molar-refractivity contribution in [2.75, 3.05) is 4.90 Å². The average molecular weight is 354 g/mol. The monoisotopic (exact) mass is 353 g/mol. The second-order valence-corrected chi connectivity index (χ2v) is 5.42. The van der Waals surface area contributed by atoms with Crippen LogP contribution in [0.4, 0.5) is 18.9 Å². The summed E-state index contributed by atoms with van der Waals surface area (Å²) >= 11 is 5.67. The van der Waals surface area contributed by atoms with Gasteiger partial charge in [0.25, 0.3) is 17.6 Å². The lowest BCUT2D eigenvalue weighted by atomic mass is 10.1. The van der Waals surface area contributed by atoms with E-state index in [4.69, 9.17) is 11.6 Å². The van der Waals surface area contributed by atoms with Crippen molar-refractivity contribution in [2.45, 2.75) is 6.18 Å². The number of halogens is 4. The van der Waals surface area contributed by atoms with Crippen LogP contribution in [0.5, 0.6) is 0 Å². The van der Waals surface area contributed by atoms with E-state index in [1.54, 1.807) is 0 Å². The van der Waals surface area contributed by atoms with E-state index in [1.165, 1.54) is 30.3 Å². The lowest BCUT2D eigenvalue weighted by molar-refractivity contribution is -0.0884. The van der Waals surface area contributed by atoms with Crippen LogP contribution in [-0.4, -0.2) is 23.8 Å². The van der Waals surface area contributed by atoms with E-state index in [1.807, 2.05) is 0 Å². The summed E-state index contributed by atoms with van der Waals surface area (Å²) in [5.41, 5.74) is -1.19. The highest BCUT2D eigenvalue weighted by Crippen LogP contribution is 2.35. The Labute approximate surface area is 138 Å². The van der Waals surface area contributed by atoms with E-state index in [0.717, 1.165) is 12.1 Å². The van der Waals surface area contributed by atoms with E-state index in [9.17, 15) is 27.6 Å². The zero-order chi connectivity index (χ0) is 17.6. The van der Waals surface area contributed by atoms with Crippen molar-refractivity contribution in [3.05, 3.63) is 64.2 Å². The molecule has 2 aromatic carbocycles. The molecule has 0 aliphatic carbocycles. The molecule has 0 spiro atoms.